The first-order valence-electron chi connectivity index (χ1n) is 11.7. The standard InChI is InChI=1S/C25H32N6O2/c1-17(32)19-8-9-31(15-19)24-23-22(26-16-29(3)25(23)33)14-21(27-24)18-4-6-20(7-5-18)30-12-10-28(2)11-13-30/h4-7,14,16-17,19,32H,8-13,15H2,1-3H3/t17-,19?/m1/s1. The molecule has 0 aliphatic carbocycles. The molecule has 3 aromatic rings. The Morgan fingerprint density at radius 1 is 1.03 bits per heavy atom. The summed E-state index contributed by atoms with van der Waals surface area (Å²) in [6.45, 7) is 7.48. The minimum absolute atomic E-state index is 0.0973. The second-order valence-corrected chi connectivity index (χ2v) is 9.46. The molecule has 174 valence electrons. The van der Waals surface area contributed by atoms with Crippen LogP contribution in [0.2, 0.25) is 0 Å². The molecule has 1 N–H and O–H groups in total. The van der Waals surface area contributed by atoms with E-state index in [-0.39, 0.29) is 17.6 Å². The average Bonchev–Trinajstić information content (AvgIpc) is 3.32. The van der Waals surface area contributed by atoms with Crippen molar-refractivity contribution in [2.45, 2.75) is 19.4 Å². The second-order valence-electron chi connectivity index (χ2n) is 9.46. The first-order valence-corrected chi connectivity index (χ1v) is 11.7. The van der Waals surface area contributed by atoms with Gasteiger partial charge in [0.1, 0.15) is 11.2 Å². The molecule has 8 heteroatoms. The summed E-state index contributed by atoms with van der Waals surface area (Å²) in [7, 11) is 3.88. The zero-order valence-electron chi connectivity index (χ0n) is 19.6. The molecule has 2 atom stereocenters. The number of piperazine rings is 1. The van der Waals surface area contributed by atoms with Crippen molar-refractivity contribution in [1.82, 2.24) is 19.4 Å². The van der Waals surface area contributed by atoms with Gasteiger partial charge in [-0.25, -0.2) is 9.97 Å². The quantitative estimate of drug-likeness (QED) is 0.654. The molecule has 2 aliphatic heterocycles. The van der Waals surface area contributed by atoms with Crippen LogP contribution in [0.4, 0.5) is 11.5 Å². The van der Waals surface area contributed by atoms with Gasteiger partial charge in [-0.05, 0) is 38.6 Å². The molecule has 5 rings (SSSR count). The minimum atomic E-state index is -0.382. The van der Waals surface area contributed by atoms with E-state index in [0.717, 1.165) is 50.4 Å². The monoisotopic (exact) mass is 448 g/mol. The number of hydrogen-bond acceptors (Lipinski definition) is 7. The van der Waals surface area contributed by atoms with E-state index >= 15 is 0 Å². The maximum Gasteiger partial charge on any atom is 0.264 e. The van der Waals surface area contributed by atoms with Gasteiger partial charge in [-0.3, -0.25) is 4.79 Å². The second kappa shape index (κ2) is 8.76. The van der Waals surface area contributed by atoms with Crippen LogP contribution in [-0.2, 0) is 7.05 Å². The molecule has 0 radical (unpaired) electrons. The average molecular weight is 449 g/mol. The Kier molecular flexibility index (Phi) is 5.80. The third-order valence-corrected chi connectivity index (χ3v) is 7.12. The van der Waals surface area contributed by atoms with E-state index in [1.165, 1.54) is 10.3 Å². The zero-order valence-corrected chi connectivity index (χ0v) is 19.6. The van der Waals surface area contributed by atoms with Crippen LogP contribution in [0.3, 0.4) is 0 Å². The number of fused-ring (bicyclic) bond motifs is 1. The zero-order chi connectivity index (χ0) is 23.1. The summed E-state index contributed by atoms with van der Waals surface area (Å²) in [6, 6.07) is 10.4. The van der Waals surface area contributed by atoms with E-state index in [0.29, 0.717) is 23.3 Å². The van der Waals surface area contributed by atoms with Crippen molar-refractivity contribution in [3.05, 3.63) is 47.0 Å². The highest BCUT2D eigenvalue weighted by molar-refractivity contribution is 5.92. The van der Waals surface area contributed by atoms with E-state index in [1.54, 1.807) is 13.4 Å². The Balaban J connectivity index is 1.53. The third-order valence-electron chi connectivity index (χ3n) is 7.12. The fourth-order valence-corrected chi connectivity index (χ4v) is 4.86. The van der Waals surface area contributed by atoms with Gasteiger partial charge in [0, 0.05) is 63.5 Å². The summed E-state index contributed by atoms with van der Waals surface area (Å²) in [6.07, 6.45) is 2.07. The fourth-order valence-electron chi connectivity index (χ4n) is 4.86. The number of pyridine rings is 1. The lowest BCUT2D eigenvalue weighted by Gasteiger charge is -2.34. The third kappa shape index (κ3) is 4.20. The molecule has 8 nitrogen and oxygen atoms in total. The molecule has 2 aliphatic rings. The van der Waals surface area contributed by atoms with Crippen molar-refractivity contribution in [3.8, 4) is 11.3 Å². The summed E-state index contributed by atoms with van der Waals surface area (Å²) in [5, 5.41) is 10.6. The van der Waals surface area contributed by atoms with Crippen molar-refractivity contribution in [2.24, 2.45) is 13.0 Å². The Morgan fingerprint density at radius 2 is 1.76 bits per heavy atom. The van der Waals surface area contributed by atoms with Crippen molar-refractivity contribution in [1.29, 1.82) is 0 Å². The first kappa shape index (κ1) is 21.9. The lowest BCUT2D eigenvalue weighted by Crippen LogP contribution is -2.44. The summed E-state index contributed by atoms with van der Waals surface area (Å²) < 4.78 is 1.50. The van der Waals surface area contributed by atoms with E-state index in [2.05, 4.69) is 51.0 Å². The number of rotatable bonds is 4. The van der Waals surface area contributed by atoms with Crippen LogP contribution < -0.4 is 15.4 Å². The molecular weight excluding hydrogens is 416 g/mol. The molecule has 0 amide bonds. The normalized spacial score (nSPS) is 20.5. The Hall–Kier alpha value is -2.97. The van der Waals surface area contributed by atoms with Crippen LogP contribution in [0.5, 0.6) is 0 Å². The van der Waals surface area contributed by atoms with Crippen LogP contribution in [0.1, 0.15) is 13.3 Å². The molecular formula is C25H32N6O2. The van der Waals surface area contributed by atoms with Crippen LogP contribution in [-0.4, -0.2) is 77.0 Å². The van der Waals surface area contributed by atoms with Crippen molar-refractivity contribution >= 4 is 22.4 Å². The number of benzene rings is 1. The van der Waals surface area contributed by atoms with Gasteiger partial charge in [0.15, 0.2) is 0 Å². The molecule has 1 unspecified atom stereocenters. The largest absolute Gasteiger partial charge is 0.393 e. The molecule has 2 aromatic heterocycles. The Morgan fingerprint density at radius 3 is 2.42 bits per heavy atom. The fraction of sp³-hybridized carbons (Fsp3) is 0.480. The topological polar surface area (TPSA) is 77.7 Å². The van der Waals surface area contributed by atoms with Crippen LogP contribution in [0.15, 0.2) is 41.5 Å². The van der Waals surface area contributed by atoms with Crippen molar-refractivity contribution < 1.29 is 5.11 Å². The molecule has 0 saturated carbocycles. The number of likely N-dealkylation sites (N-methyl/N-ethyl adjacent to an activating group) is 1. The van der Waals surface area contributed by atoms with E-state index < -0.39 is 0 Å². The number of anilines is 2. The van der Waals surface area contributed by atoms with Gasteiger partial charge >= 0.3 is 0 Å². The lowest BCUT2D eigenvalue weighted by atomic mass is 10.0. The molecule has 0 bridgehead atoms. The predicted octanol–water partition coefficient (Wildman–Crippen LogP) is 1.95. The number of nitrogens with zero attached hydrogens (tertiary/aromatic N) is 6. The van der Waals surface area contributed by atoms with Crippen molar-refractivity contribution in [3.63, 3.8) is 0 Å². The molecule has 33 heavy (non-hydrogen) atoms. The number of aliphatic hydroxyl groups excluding tert-OH is 1. The van der Waals surface area contributed by atoms with Crippen LogP contribution >= 0.6 is 0 Å². The van der Waals surface area contributed by atoms with Gasteiger partial charge in [0.25, 0.3) is 5.56 Å². The summed E-state index contributed by atoms with van der Waals surface area (Å²) in [4.78, 5) is 29.4. The van der Waals surface area contributed by atoms with E-state index in [4.69, 9.17) is 4.98 Å². The predicted molar refractivity (Wildman–Crippen MR) is 132 cm³/mol. The number of aliphatic hydroxyl groups is 1. The Labute approximate surface area is 194 Å². The number of aryl methyl sites for hydroxylation is 1. The molecule has 2 fully saturated rings. The van der Waals surface area contributed by atoms with Gasteiger partial charge in [0.2, 0.25) is 0 Å². The minimum Gasteiger partial charge on any atom is -0.393 e. The maximum absolute atomic E-state index is 13.0. The number of aromatic nitrogens is 3. The molecule has 4 heterocycles. The highest BCUT2D eigenvalue weighted by atomic mass is 16.3. The summed E-state index contributed by atoms with van der Waals surface area (Å²) in [5.74, 6) is 0.844. The molecule has 1 aromatic carbocycles. The van der Waals surface area contributed by atoms with Gasteiger partial charge in [-0.1, -0.05) is 12.1 Å². The van der Waals surface area contributed by atoms with Gasteiger partial charge in [-0.15, -0.1) is 0 Å². The van der Waals surface area contributed by atoms with E-state index in [9.17, 15) is 9.90 Å². The molecule has 2 saturated heterocycles. The lowest BCUT2D eigenvalue weighted by molar-refractivity contribution is 0.136. The Bertz CT molecular complexity index is 1200. The number of hydrogen-bond donors (Lipinski definition) is 1. The van der Waals surface area contributed by atoms with E-state index in [1.807, 2.05) is 13.0 Å². The van der Waals surface area contributed by atoms with Crippen LogP contribution in [0.25, 0.3) is 22.2 Å². The maximum atomic E-state index is 13.0. The highest BCUT2D eigenvalue weighted by Crippen LogP contribution is 2.32. The summed E-state index contributed by atoms with van der Waals surface area (Å²) in [5.41, 5.74) is 3.59. The van der Waals surface area contributed by atoms with Crippen molar-refractivity contribution in [2.75, 3.05) is 56.1 Å². The molecule has 0 spiro atoms. The first-order chi connectivity index (χ1) is 15.9. The SMILES string of the molecule is C[C@@H](O)C1CCN(c2nc(-c3ccc(N4CCN(C)CC4)cc3)cc3ncn(C)c(=O)c23)C1. The highest BCUT2D eigenvalue weighted by Gasteiger charge is 2.29. The van der Waals surface area contributed by atoms with Gasteiger partial charge in [0.05, 0.1) is 23.6 Å². The van der Waals surface area contributed by atoms with Gasteiger partial charge in [-0.2, -0.15) is 0 Å². The smallest absolute Gasteiger partial charge is 0.264 e. The van der Waals surface area contributed by atoms with Gasteiger partial charge < -0.3 is 24.4 Å². The van der Waals surface area contributed by atoms with Crippen LogP contribution in [0, 0.1) is 5.92 Å². The summed E-state index contributed by atoms with van der Waals surface area (Å²) >= 11 is 0.